The first-order chi connectivity index (χ1) is 18.7. The number of hydrogen-bond acceptors (Lipinski definition) is 9. The van der Waals surface area contributed by atoms with Gasteiger partial charge >= 0.3 is 5.76 Å². The van der Waals surface area contributed by atoms with Gasteiger partial charge in [0.05, 0.1) is 29.9 Å². The predicted molar refractivity (Wildman–Crippen MR) is 142 cm³/mol. The number of benzene rings is 1. The average Bonchev–Trinajstić information content (AvgIpc) is 3.66. The van der Waals surface area contributed by atoms with Crippen LogP contribution in [0.3, 0.4) is 0 Å². The van der Waals surface area contributed by atoms with Gasteiger partial charge in [0.1, 0.15) is 5.69 Å². The largest absolute Gasteiger partial charge is 0.477 e. The minimum absolute atomic E-state index is 0.000666. The summed E-state index contributed by atoms with van der Waals surface area (Å²) in [4.78, 5) is 29.1. The summed E-state index contributed by atoms with van der Waals surface area (Å²) in [6, 6.07) is 6.08. The lowest BCUT2D eigenvalue weighted by atomic mass is 10.0. The number of hydrogen-bond donors (Lipinski definition) is 2. The third-order valence-electron chi connectivity index (χ3n) is 6.89. The Morgan fingerprint density at radius 3 is 2.82 bits per heavy atom. The Hall–Kier alpha value is -3.23. The summed E-state index contributed by atoms with van der Waals surface area (Å²) < 4.78 is 56.6. The molecule has 3 atom stereocenters. The zero-order valence-corrected chi connectivity index (χ0v) is 22.7. The number of rotatable bonds is 11. The number of halogens is 2. The zero-order chi connectivity index (χ0) is 27.6. The van der Waals surface area contributed by atoms with E-state index in [0.717, 1.165) is 30.7 Å². The van der Waals surface area contributed by atoms with Gasteiger partial charge in [-0.1, -0.05) is 12.1 Å². The number of likely N-dealkylation sites (tertiary alicyclic amines) is 1. The highest BCUT2D eigenvalue weighted by Crippen LogP contribution is 2.38. The number of anilines is 1. The van der Waals surface area contributed by atoms with Crippen molar-refractivity contribution in [3.63, 3.8) is 0 Å². The number of amides is 1. The van der Waals surface area contributed by atoms with Crippen LogP contribution in [0.5, 0.6) is 5.88 Å². The van der Waals surface area contributed by atoms with Gasteiger partial charge in [0.25, 0.3) is 15.9 Å². The number of carbonyl (C=O) groups is 1. The van der Waals surface area contributed by atoms with Crippen molar-refractivity contribution in [3.05, 3.63) is 53.4 Å². The van der Waals surface area contributed by atoms with Crippen molar-refractivity contribution in [2.24, 2.45) is 5.92 Å². The lowest BCUT2D eigenvalue weighted by molar-refractivity contribution is 0.0916. The molecule has 3 heterocycles. The topological polar surface area (TPSA) is 126 Å². The van der Waals surface area contributed by atoms with E-state index in [2.05, 4.69) is 25.2 Å². The smallest absolute Gasteiger partial charge is 0.355 e. The molecule has 14 heteroatoms. The van der Waals surface area contributed by atoms with E-state index in [-0.39, 0.29) is 10.7 Å². The van der Waals surface area contributed by atoms with Crippen LogP contribution in [-0.4, -0.2) is 65.7 Å². The molecule has 208 valence electrons. The summed E-state index contributed by atoms with van der Waals surface area (Å²) in [7, 11) is -4.83. The summed E-state index contributed by atoms with van der Waals surface area (Å²) >= 11 is 1.16. The predicted octanol–water partition coefficient (Wildman–Crippen LogP) is 3.92. The van der Waals surface area contributed by atoms with Crippen molar-refractivity contribution in [3.8, 4) is 16.5 Å². The Bertz CT molecular complexity index is 1440. The maximum Gasteiger partial charge on any atom is 0.355 e. The van der Waals surface area contributed by atoms with Crippen molar-refractivity contribution in [2.45, 2.75) is 44.0 Å². The Morgan fingerprint density at radius 2 is 2.10 bits per heavy atom. The van der Waals surface area contributed by atoms with E-state index in [9.17, 15) is 22.0 Å². The molecule has 3 aromatic rings. The summed E-state index contributed by atoms with van der Waals surface area (Å²) in [5, 5.41) is 3.25. The van der Waals surface area contributed by atoms with E-state index < -0.39 is 27.7 Å². The number of alkyl halides is 2. The molecule has 2 aliphatic rings. The van der Waals surface area contributed by atoms with Crippen LogP contribution in [0.15, 0.2) is 42.9 Å². The van der Waals surface area contributed by atoms with E-state index in [4.69, 9.17) is 4.74 Å². The van der Waals surface area contributed by atoms with Crippen LogP contribution in [-0.2, 0) is 10.0 Å². The quantitative estimate of drug-likeness (QED) is 0.351. The number of piperidine rings is 1. The van der Waals surface area contributed by atoms with Gasteiger partial charge in [-0.2, -0.15) is 8.78 Å². The molecule has 39 heavy (non-hydrogen) atoms. The fourth-order valence-electron chi connectivity index (χ4n) is 5.15. The van der Waals surface area contributed by atoms with Gasteiger partial charge in [0.2, 0.25) is 5.88 Å². The maximum absolute atomic E-state index is 13.3. The minimum Gasteiger partial charge on any atom is -0.477 e. The molecular formula is C25H28F2N6O4S2. The molecule has 2 fully saturated rings. The number of nitrogens with zero attached hydrogens (tertiary/aromatic N) is 4. The van der Waals surface area contributed by atoms with Crippen LogP contribution in [0, 0.1) is 5.92 Å². The molecule has 0 radical (unpaired) electrons. The molecule has 1 saturated carbocycles. The third-order valence-corrected chi connectivity index (χ3v) is 8.89. The van der Waals surface area contributed by atoms with Gasteiger partial charge in [-0.15, -0.1) is 11.3 Å². The van der Waals surface area contributed by atoms with Gasteiger partial charge in [0.15, 0.2) is 5.01 Å². The lowest BCUT2D eigenvalue weighted by Gasteiger charge is -2.31. The van der Waals surface area contributed by atoms with Crippen molar-refractivity contribution in [1.29, 1.82) is 0 Å². The highest BCUT2D eigenvalue weighted by Gasteiger charge is 2.39. The molecule has 1 saturated heterocycles. The van der Waals surface area contributed by atoms with Crippen LogP contribution in [0.2, 0.25) is 0 Å². The Labute approximate surface area is 228 Å². The standard InChI is InChI=1S/C25H28F2N6O4S2/c1-2-37-22-12-28-10-19(30-22)21-11-29-24(38-21)23(34)31-20(14-33-13-15-6-7-18(33)8-15)16-4-3-5-17(9-16)32-39(35,36)25(26)27/h3-5,9-12,15,18,20,25,32H,2,6-8,13-14H2,1H3,(H,31,34)/t15-,18+,20+/m0/s1. The first-order valence-electron chi connectivity index (χ1n) is 12.6. The molecule has 1 aromatic carbocycles. The molecule has 0 spiro atoms. The molecule has 2 N–H and O–H groups in total. The maximum atomic E-state index is 13.3. The van der Waals surface area contributed by atoms with E-state index in [1.54, 1.807) is 24.5 Å². The molecular weight excluding hydrogens is 550 g/mol. The number of ether oxygens (including phenoxy) is 1. The molecule has 2 aromatic heterocycles. The Kier molecular flexibility index (Phi) is 8.05. The lowest BCUT2D eigenvalue weighted by Crippen LogP contribution is -2.41. The highest BCUT2D eigenvalue weighted by molar-refractivity contribution is 7.93. The fraction of sp³-hybridized carbons (Fsp3) is 0.440. The first-order valence-corrected chi connectivity index (χ1v) is 14.9. The first kappa shape index (κ1) is 27.3. The van der Waals surface area contributed by atoms with Gasteiger partial charge < -0.3 is 10.1 Å². The van der Waals surface area contributed by atoms with Crippen molar-refractivity contribution >= 4 is 33.0 Å². The molecule has 1 aliphatic heterocycles. The van der Waals surface area contributed by atoms with E-state index in [0.29, 0.717) is 47.1 Å². The second kappa shape index (κ2) is 11.5. The number of fused-ring (bicyclic) bond motifs is 2. The monoisotopic (exact) mass is 578 g/mol. The number of carbonyl (C=O) groups excluding carboxylic acids is 1. The Balaban J connectivity index is 1.37. The SMILES string of the molecule is CCOc1cncc(-c2cnc(C(=O)N[C@H](CN3C[C@H]4CC[C@@H]3C4)c3cccc(NS(=O)(=O)C(F)F)c3)s2)n1. The number of sulfonamides is 1. The molecule has 2 bridgehead atoms. The highest BCUT2D eigenvalue weighted by atomic mass is 32.2. The summed E-state index contributed by atoms with van der Waals surface area (Å²) in [6.07, 6.45) is 8.03. The van der Waals surface area contributed by atoms with Crippen molar-refractivity contribution in [2.75, 3.05) is 24.4 Å². The normalized spacial score (nSPS) is 19.8. The summed E-state index contributed by atoms with van der Waals surface area (Å²) in [5.41, 5.74) is 1.12. The van der Waals surface area contributed by atoms with E-state index >= 15 is 0 Å². The van der Waals surface area contributed by atoms with Crippen LogP contribution < -0.4 is 14.8 Å². The van der Waals surface area contributed by atoms with Crippen molar-refractivity contribution < 1.29 is 26.7 Å². The second-order valence-corrected chi connectivity index (χ2v) is 12.2. The fourth-order valence-corrected chi connectivity index (χ4v) is 6.47. The van der Waals surface area contributed by atoms with Gasteiger partial charge in [-0.25, -0.2) is 18.4 Å². The van der Waals surface area contributed by atoms with E-state index in [1.165, 1.54) is 24.8 Å². The van der Waals surface area contributed by atoms with Crippen LogP contribution >= 0.6 is 11.3 Å². The zero-order valence-electron chi connectivity index (χ0n) is 21.1. The van der Waals surface area contributed by atoms with Crippen molar-refractivity contribution in [1.82, 2.24) is 25.2 Å². The minimum atomic E-state index is -4.83. The summed E-state index contributed by atoms with van der Waals surface area (Å²) in [6.45, 7) is 3.71. The van der Waals surface area contributed by atoms with Gasteiger partial charge in [-0.05, 0) is 49.8 Å². The van der Waals surface area contributed by atoms with Gasteiger partial charge in [-0.3, -0.25) is 19.4 Å². The van der Waals surface area contributed by atoms with Gasteiger partial charge in [0, 0.05) is 31.0 Å². The van der Waals surface area contributed by atoms with Crippen LogP contribution in [0.1, 0.15) is 47.6 Å². The Morgan fingerprint density at radius 1 is 1.26 bits per heavy atom. The molecule has 1 aliphatic carbocycles. The average molecular weight is 579 g/mol. The number of aromatic nitrogens is 3. The molecule has 1 amide bonds. The van der Waals surface area contributed by atoms with Crippen LogP contribution in [0.25, 0.3) is 10.6 Å². The number of thiazole rings is 1. The molecule has 5 rings (SSSR count). The van der Waals surface area contributed by atoms with Crippen LogP contribution in [0.4, 0.5) is 14.5 Å². The molecule has 0 unspecified atom stereocenters. The second-order valence-electron chi connectivity index (χ2n) is 9.55. The molecule has 10 nitrogen and oxygen atoms in total. The summed E-state index contributed by atoms with van der Waals surface area (Å²) in [5.74, 6) is -2.97. The third kappa shape index (κ3) is 6.34. The van der Waals surface area contributed by atoms with E-state index in [1.807, 2.05) is 11.6 Å². The number of nitrogens with one attached hydrogen (secondary N) is 2.